The van der Waals surface area contributed by atoms with Gasteiger partial charge in [-0.2, -0.15) is 8.78 Å². The standard InChI is InChI=1S/C26H25F3O/c1-2-3-4-5-6-7-20-11-17-24-22(18-20)14-13-21(25(24)27)12-8-19-9-15-23(16-10-19)30-26(28)29/h9-11,13-18,26H,2-7H2,1H3. The van der Waals surface area contributed by atoms with Crippen LogP contribution < -0.4 is 4.74 Å². The fourth-order valence-electron chi connectivity index (χ4n) is 3.39. The number of hydrogen-bond donors (Lipinski definition) is 0. The van der Waals surface area contributed by atoms with E-state index in [0.29, 0.717) is 16.5 Å². The van der Waals surface area contributed by atoms with Crippen LogP contribution in [0.25, 0.3) is 10.8 Å². The molecule has 0 aromatic heterocycles. The Morgan fingerprint density at radius 1 is 0.867 bits per heavy atom. The maximum absolute atomic E-state index is 14.9. The zero-order chi connectivity index (χ0) is 21.3. The van der Waals surface area contributed by atoms with Crippen molar-refractivity contribution in [3.05, 3.63) is 77.1 Å². The number of benzene rings is 3. The molecule has 3 rings (SSSR count). The molecule has 0 fully saturated rings. The number of fused-ring (bicyclic) bond motifs is 1. The molecule has 156 valence electrons. The molecule has 30 heavy (non-hydrogen) atoms. The first-order valence-electron chi connectivity index (χ1n) is 10.3. The van der Waals surface area contributed by atoms with Crippen LogP contribution in [0.4, 0.5) is 13.2 Å². The van der Waals surface area contributed by atoms with Gasteiger partial charge in [0.25, 0.3) is 0 Å². The van der Waals surface area contributed by atoms with Crippen LogP contribution >= 0.6 is 0 Å². The van der Waals surface area contributed by atoms with Gasteiger partial charge in [0.1, 0.15) is 11.6 Å². The van der Waals surface area contributed by atoms with Gasteiger partial charge in [-0.3, -0.25) is 0 Å². The van der Waals surface area contributed by atoms with Crippen LogP contribution in [0.5, 0.6) is 5.75 Å². The van der Waals surface area contributed by atoms with Gasteiger partial charge in [-0.05, 0) is 54.1 Å². The average molecular weight is 410 g/mol. The number of unbranched alkanes of at least 4 members (excludes halogenated alkanes) is 4. The van der Waals surface area contributed by atoms with E-state index in [1.165, 1.54) is 43.4 Å². The Balaban J connectivity index is 1.71. The smallest absolute Gasteiger partial charge is 0.387 e. The van der Waals surface area contributed by atoms with Crippen molar-refractivity contribution >= 4 is 10.8 Å². The lowest BCUT2D eigenvalue weighted by molar-refractivity contribution is -0.0498. The van der Waals surface area contributed by atoms with E-state index < -0.39 is 6.61 Å². The minimum absolute atomic E-state index is 0.0635. The summed E-state index contributed by atoms with van der Waals surface area (Å²) in [4.78, 5) is 0. The Morgan fingerprint density at radius 2 is 1.63 bits per heavy atom. The molecule has 1 nitrogen and oxygen atoms in total. The minimum Gasteiger partial charge on any atom is -0.435 e. The SMILES string of the molecule is CCCCCCCc1ccc2c(F)c(C#Cc3ccc(OC(F)F)cc3)ccc2c1. The van der Waals surface area contributed by atoms with Crippen LogP contribution in [0.1, 0.15) is 55.7 Å². The first kappa shape index (κ1) is 21.8. The van der Waals surface area contributed by atoms with Gasteiger partial charge in [0, 0.05) is 10.9 Å². The molecule has 0 saturated carbocycles. The van der Waals surface area contributed by atoms with Gasteiger partial charge in [0.2, 0.25) is 0 Å². The van der Waals surface area contributed by atoms with Crippen molar-refractivity contribution in [2.45, 2.75) is 52.1 Å². The molecule has 0 unspecified atom stereocenters. The Morgan fingerprint density at radius 3 is 2.37 bits per heavy atom. The van der Waals surface area contributed by atoms with Gasteiger partial charge in [-0.15, -0.1) is 0 Å². The lowest BCUT2D eigenvalue weighted by Crippen LogP contribution is -2.01. The molecule has 0 saturated heterocycles. The van der Waals surface area contributed by atoms with Gasteiger partial charge in [0.05, 0.1) is 5.56 Å². The van der Waals surface area contributed by atoms with E-state index in [-0.39, 0.29) is 11.6 Å². The van der Waals surface area contributed by atoms with E-state index in [2.05, 4.69) is 29.6 Å². The molecule has 0 spiro atoms. The summed E-state index contributed by atoms with van der Waals surface area (Å²) in [5, 5.41) is 1.43. The van der Waals surface area contributed by atoms with E-state index in [4.69, 9.17) is 0 Å². The first-order chi connectivity index (χ1) is 14.6. The highest BCUT2D eigenvalue weighted by atomic mass is 19.3. The summed E-state index contributed by atoms with van der Waals surface area (Å²) in [6.07, 6.45) is 7.17. The van der Waals surface area contributed by atoms with Crippen LogP contribution in [0.3, 0.4) is 0 Å². The summed E-state index contributed by atoms with van der Waals surface area (Å²) in [6.45, 7) is -0.659. The second-order valence-corrected chi connectivity index (χ2v) is 7.30. The monoisotopic (exact) mass is 410 g/mol. The normalized spacial score (nSPS) is 10.8. The summed E-state index contributed by atoms with van der Waals surface area (Å²) < 4.78 is 43.6. The van der Waals surface area contributed by atoms with Crippen molar-refractivity contribution in [1.29, 1.82) is 0 Å². The molecular formula is C26H25F3O. The van der Waals surface area contributed by atoms with Crippen molar-refractivity contribution in [1.82, 2.24) is 0 Å². The van der Waals surface area contributed by atoms with E-state index in [9.17, 15) is 13.2 Å². The molecule has 0 bridgehead atoms. The fourth-order valence-corrected chi connectivity index (χ4v) is 3.39. The Kier molecular flexibility index (Phi) is 7.79. The third kappa shape index (κ3) is 6.03. The molecule has 0 aliphatic heterocycles. The van der Waals surface area contributed by atoms with Gasteiger partial charge >= 0.3 is 6.61 Å². The Bertz CT molecular complexity index is 1030. The van der Waals surface area contributed by atoms with Crippen molar-refractivity contribution in [3.63, 3.8) is 0 Å². The van der Waals surface area contributed by atoms with Crippen LogP contribution in [-0.4, -0.2) is 6.61 Å². The van der Waals surface area contributed by atoms with Crippen LogP contribution in [-0.2, 0) is 6.42 Å². The largest absolute Gasteiger partial charge is 0.435 e. The predicted molar refractivity (Wildman–Crippen MR) is 115 cm³/mol. The Hall–Kier alpha value is -2.93. The fraction of sp³-hybridized carbons (Fsp3) is 0.308. The lowest BCUT2D eigenvalue weighted by Gasteiger charge is -2.06. The number of hydrogen-bond acceptors (Lipinski definition) is 1. The van der Waals surface area contributed by atoms with E-state index in [1.54, 1.807) is 18.2 Å². The Labute approximate surface area is 175 Å². The molecule has 0 amide bonds. The first-order valence-corrected chi connectivity index (χ1v) is 10.3. The van der Waals surface area contributed by atoms with Gasteiger partial charge in [-0.25, -0.2) is 4.39 Å². The highest BCUT2D eigenvalue weighted by molar-refractivity contribution is 5.85. The minimum atomic E-state index is -2.87. The second-order valence-electron chi connectivity index (χ2n) is 7.30. The third-order valence-corrected chi connectivity index (χ3v) is 5.01. The molecule has 0 radical (unpaired) electrons. The molecule has 0 heterocycles. The van der Waals surface area contributed by atoms with Crippen LogP contribution in [0.15, 0.2) is 54.6 Å². The van der Waals surface area contributed by atoms with Crippen molar-refractivity contribution < 1.29 is 17.9 Å². The molecular weight excluding hydrogens is 385 g/mol. The average Bonchev–Trinajstić information content (AvgIpc) is 2.74. The van der Waals surface area contributed by atoms with Gasteiger partial charge < -0.3 is 4.74 Å². The van der Waals surface area contributed by atoms with Crippen molar-refractivity contribution in [2.24, 2.45) is 0 Å². The highest BCUT2D eigenvalue weighted by Gasteiger charge is 2.07. The number of halogens is 3. The lowest BCUT2D eigenvalue weighted by atomic mass is 10.00. The summed E-state index contributed by atoms with van der Waals surface area (Å²) >= 11 is 0. The molecule has 0 atom stereocenters. The molecule has 0 aliphatic rings. The van der Waals surface area contributed by atoms with Gasteiger partial charge in [-0.1, -0.05) is 68.7 Å². The van der Waals surface area contributed by atoms with Gasteiger partial charge in [0.15, 0.2) is 0 Å². The summed E-state index contributed by atoms with van der Waals surface area (Å²) in [6, 6.07) is 15.4. The third-order valence-electron chi connectivity index (χ3n) is 5.01. The molecule has 3 aromatic carbocycles. The van der Waals surface area contributed by atoms with Crippen LogP contribution in [0.2, 0.25) is 0 Å². The predicted octanol–water partition coefficient (Wildman–Crippen LogP) is 7.49. The highest BCUT2D eigenvalue weighted by Crippen LogP contribution is 2.23. The topological polar surface area (TPSA) is 9.23 Å². The maximum atomic E-state index is 14.9. The molecule has 0 aliphatic carbocycles. The number of aryl methyl sites for hydroxylation is 1. The van der Waals surface area contributed by atoms with E-state index in [0.717, 1.165) is 18.2 Å². The number of rotatable bonds is 8. The quantitative estimate of drug-likeness (QED) is 0.276. The number of ether oxygens (including phenoxy) is 1. The van der Waals surface area contributed by atoms with E-state index in [1.807, 2.05) is 18.2 Å². The second kappa shape index (κ2) is 10.7. The van der Waals surface area contributed by atoms with E-state index >= 15 is 0 Å². The zero-order valence-corrected chi connectivity index (χ0v) is 17.1. The van der Waals surface area contributed by atoms with Crippen molar-refractivity contribution in [3.8, 4) is 17.6 Å². The molecule has 0 N–H and O–H groups in total. The number of alkyl halides is 2. The molecule has 3 aromatic rings. The summed E-state index contributed by atoms with van der Waals surface area (Å²) in [7, 11) is 0. The van der Waals surface area contributed by atoms with Crippen molar-refractivity contribution in [2.75, 3.05) is 0 Å². The molecule has 4 heteroatoms. The summed E-state index contributed by atoms with van der Waals surface area (Å²) in [5.41, 5.74) is 2.13. The van der Waals surface area contributed by atoms with Crippen LogP contribution in [0, 0.1) is 17.7 Å². The maximum Gasteiger partial charge on any atom is 0.387 e. The zero-order valence-electron chi connectivity index (χ0n) is 17.1. The summed E-state index contributed by atoms with van der Waals surface area (Å²) in [5.74, 6) is 5.43.